The van der Waals surface area contributed by atoms with E-state index in [9.17, 15) is 14.4 Å². The molecule has 2 atom stereocenters. The molecule has 0 radical (unpaired) electrons. The van der Waals surface area contributed by atoms with Gasteiger partial charge in [0.2, 0.25) is 17.7 Å². The first-order chi connectivity index (χ1) is 46.6. The summed E-state index contributed by atoms with van der Waals surface area (Å²) in [5.74, 6) is 2.95. The summed E-state index contributed by atoms with van der Waals surface area (Å²) in [4.78, 5) is 128. The molecule has 3 amide bonds. The largest absolute Gasteiger partial charge is 0.394 e. The maximum Gasteiger partial charge on any atom is 0.244 e. The van der Waals surface area contributed by atoms with Gasteiger partial charge in [0.05, 0.1) is 0 Å². The average molecular weight is 1490 g/mol. The molecule has 2 aromatic rings. The van der Waals surface area contributed by atoms with Crippen LogP contribution in [0.15, 0.2) is 60.7 Å². The molecule has 1 heterocycles. The van der Waals surface area contributed by atoms with Crippen LogP contribution in [0.1, 0.15) is 209 Å². The van der Waals surface area contributed by atoms with Crippen LogP contribution in [-0.2, 0) is 80.0 Å². The number of hydrogen-bond donors (Lipinski definition) is 13. The van der Waals surface area contributed by atoms with E-state index in [1.165, 1.54) is 78.9 Å². The molecular weight excluding hydrogens is 1310 g/mol. The molecule has 102 heavy (non-hydrogen) atoms. The minimum absolute atomic E-state index is 0. The van der Waals surface area contributed by atoms with Crippen LogP contribution in [0.3, 0.4) is 0 Å². The van der Waals surface area contributed by atoms with Crippen molar-refractivity contribution in [3.8, 4) is 0 Å². The molecule has 0 aliphatic carbocycles. The molecule has 0 bridgehead atoms. The van der Waals surface area contributed by atoms with Crippen molar-refractivity contribution in [2.45, 2.75) is 229 Å². The molecule has 1 fully saturated rings. The maximum atomic E-state index is 12.8. The Labute approximate surface area is 629 Å². The second-order valence-corrected chi connectivity index (χ2v) is 17.0. The standard InChI is InChI=1S/C20H29N3O3.C8H10.3C5H12.C4H10.C3H8O.3C2H6.6CH5N.11CH2O.5H3N/c1-15(20(26)23-12-8-5-9-13-23)21-19(25)18(22(3)16(2)24)14-17-10-6-4-7-11-17;1-2-8-6-4-3-5-7-8;3*1-4-5(2)3;1-4(2)3;1-3(2)4;20*1-2;;;;;/h4,6-7,10-11,15,18H,5,8-9,12-14H2,1-3H3,(H,21,25);3-7H,2H2,1H3;3*5H,4H2,1-3H3;4H,1-3H3;3-4H,1-2H3;3*1-2H3;6*2H2,1H3;11*1H2;5*1H3/t15-,18-;;;;;;;;;;;;;;;;;;;;;;;;;;;;;;;/m0.............................../s1. The molecule has 630 valence electrons. The number of nitrogens with one attached hydrogen (secondary N) is 1. The van der Waals surface area contributed by atoms with Gasteiger partial charge in [0.15, 0.2) is 0 Å². The van der Waals surface area contributed by atoms with Crippen molar-refractivity contribution in [3.63, 3.8) is 0 Å². The topological polar surface area (TPSA) is 609 Å². The third kappa shape index (κ3) is 281. The van der Waals surface area contributed by atoms with Crippen molar-refractivity contribution in [1.29, 1.82) is 0 Å². The van der Waals surface area contributed by atoms with Crippen LogP contribution in [0.25, 0.3) is 0 Å². The highest BCUT2D eigenvalue weighted by molar-refractivity contribution is 5.91. The lowest BCUT2D eigenvalue weighted by molar-refractivity contribution is -0.140. The summed E-state index contributed by atoms with van der Waals surface area (Å²) in [6, 6.07) is 18.8. The molecule has 1 saturated heterocycles. The van der Waals surface area contributed by atoms with E-state index in [0.717, 1.165) is 68.0 Å². The minimum atomic E-state index is -0.647. The summed E-state index contributed by atoms with van der Waals surface area (Å²) in [6.07, 6.45) is 8.47. The Hall–Kier alpha value is -7.26. The van der Waals surface area contributed by atoms with E-state index in [4.69, 9.17) is 57.8 Å². The van der Waals surface area contributed by atoms with E-state index in [-0.39, 0.29) is 54.6 Å². The van der Waals surface area contributed by atoms with Crippen molar-refractivity contribution in [2.24, 2.45) is 58.1 Å². The van der Waals surface area contributed by atoms with Gasteiger partial charge >= 0.3 is 0 Å². The van der Waals surface area contributed by atoms with Crippen LogP contribution >= 0.6 is 0 Å². The molecule has 1 aliphatic rings. The van der Waals surface area contributed by atoms with Gasteiger partial charge in [-0.15, -0.1) is 0 Å². The van der Waals surface area contributed by atoms with Crippen LogP contribution in [0.2, 0.25) is 0 Å². The number of aryl methyl sites for hydroxylation is 1. The molecule has 29 nitrogen and oxygen atoms in total. The third-order valence-corrected chi connectivity index (χ3v) is 8.64. The second kappa shape index (κ2) is 259. The van der Waals surface area contributed by atoms with E-state index < -0.39 is 12.1 Å². The summed E-state index contributed by atoms with van der Waals surface area (Å²) in [5, 5.41) is 10.9. The van der Waals surface area contributed by atoms with Gasteiger partial charge in [-0.05, 0) is 124 Å². The first-order valence-corrected chi connectivity index (χ1v) is 31.8. The number of hydrogen-bond acceptors (Lipinski definition) is 26. The fraction of sp³-hybridized carbons (Fsp3) is 0.644. The smallest absolute Gasteiger partial charge is 0.244 e. The first kappa shape index (κ1) is 193. The molecule has 0 saturated carbocycles. The van der Waals surface area contributed by atoms with Crippen LogP contribution in [0.5, 0.6) is 0 Å². The first-order valence-electron chi connectivity index (χ1n) is 31.8. The summed E-state index contributed by atoms with van der Waals surface area (Å²) in [6.45, 7) is 70.7. The molecule has 3 rings (SSSR count). The van der Waals surface area contributed by atoms with Crippen LogP contribution in [0, 0.1) is 23.7 Å². The molecule has 0 aromatic heterocycles. The van der Waals surface area contributed by atoms with E-state index in [2.05, 4.69) is 154 Å². The number of amides is 3. The van der Waals surface area contributed by atoms with E-state index in [1.807, 2.05) is 158 Å². The minimum Gasteiger partial charge on any atom is -0.394 e. The van der Waals surface area contributed by atoms with Crippen LogP contribution in [0.4, 0.5) is 0 Å². The van der Waals surface area contributed by atoms with Gasteiger partial charge in [0, 0.05) is 39.6 Å². The fourth-order valence-corrected chi connectivity index (χ4v) is 3.94. The molecule has 29 N–H and O–H groups in total. The van der Waals surface area contributed by atoms with E-state index in [1.54, 1.807) is 27.8 Å². The average Bonchev–Trinajstić information content (AvgIpc) is 0.855. The fourth-order valence-electron chi connectivity index (χ4n) is 3.94. The van der Waals surface area contributed by atoms with Crippen molar-refractivity contribution >= 4 is 92.4 Å². The summed E-state index contributed by atoms with van der Waals surface area (Å²) < 4.78 is 0. The Kier molecular flexibility index (Phi) is 490. The van der Waals surface area contributed by atoms with Gasteiger partial charge in [0.25, 0.3) is 0 Å². The predicted molar refractivity (Wildman–Crippen MR) is 448 cm³/mol. The lowest BCUT2D eigenvalue weighted by atomic mass is 10.0. The van der Waals surface area contributed by atoms with Gasteiger partial charge in [-0.2, -0.15) is 0 Å². The van der Waals surface area contributed by atoms with Crippen molar-refractivity contribution < 1.29 is 72.2 Å². The molecule has 0 spiro atoms. The quantitative estimate of drug-likeness (QED) is 0.105. The molecule has 0 unspecified atom stereocenters. The normalized spacial score (nSPS) is 8.00. The maximum absolute atomic E-state index is 12.8. The monoisotopic (exact) mass is 1490 g/mol. The number of likely N-dealkylation sites (tertiary alicyclic amines) is 1. The molecule has 2 aromatic carbocycles. The molecular formula is C73H178N14O15. The number of aliphatic hydroxyl groups excluding tert-OH is 1. The van der Waals surface area contributed by atoms with Gasteiger partial charge in [-0.3, -0.25) is 14.4 Å². The summed E-state index contributed by atoms with van der Waals surface area (Å²) in [5.41, 5.74) is 29.4. The summed E-state index contributed by atoms with van der Waals surface area (Å²) >= 11 is 0. The number of carbonyl (C=O) groups is 14. The predicted octanol–water partition coefficient (Wildman–Crippen LogP) is 11.4. The third-order valence-electron chi connectivity index (χ3n) is 8.64. The number of nitrogens with two attached hydrogens (primary N) is 6. The zero-order chi connectivity index (χ0) is 84.9. The van der Waals surface area contributed by atoms with Crippen molar-refractivity contribution in [3.05, 3.63) is 71.8 Å². The molecule has 1 aliphatic heterocycles. The van der Waals surface area contributed by atoms with Crippen LogP contribution in [-0.4, -0.2) is 188 Å². The molecule has 29 heteroatoms. The van der Waals surface area contributed by atoms with E-state index in [0.29, 0.717) is 6.42 Å². The Balaban J connectivity index is -0.0000000223. The number of rotatable bonds is 10. The van der Waals surface area contributed by atoms with Gasteiger partial charge in [-0.1, -0.05) is 211 Å². The van der Waals surface area contributed by atoms with Crippen LogP contribution < -0.4 is 70.5 Å². The lowest BCUT2D eigenvalue weighted by Gasteiger charge is -2.31. The Morgan fingerprint density at radius 1 is 0.422 bits per heavy atom. The van der Waals surface area contributed by atoms with Gasteiger partial charge in [0.1, 0.15) is 86.8 Å². The number of piperidine rings is 1. The highest BCUT2D eigenvalue weighted by atomic mass is 16.3. The number of benzene rings is 2. The van der Waals surface area contributed by atoms with Crippen molar-refractivity contribution in [2.75, 3.05) is 62.4 Å². The van der Waals surface area contributed by atoms with Gasteiger partial charge in [-0.25, -0.2) is 0 Å². The number of aliphatic hydroxyl groups is 1. The van der Waals surface area contributed by atoms with E-state index >= 15 is 0 Å². The number of likely N-dealkylation sites (N-methyl/N-ethyl adjacent to an activating group) is 1. The zero-order valence-corrected chi connectivity index (χ0v) is 71.7. The second-order valence-electron chi connectivity index (χ2n) is 17.0. The Morgan fingerprint density at radius 3 is 0.765 bits per heavy atom. The zero-order valence-electron chi connectivity index (χ0n) is 71.7. The summed E-state index contributed by atoms with van der Waals surface area (Å²) in [7, 11) is 10.6. The lowest BCUT2D eigenvalue weighted by Crippen LogP contribution is -2.54. The van der Waals surface area contributed by atoms with Crippen molar-refractivity contribution in [1.82, 2.24) is 45.9 Å². The van der Waals surface area contributed by atoms with Gasteiger partial charge < -0.3 is 138 Å². The highest BCUT2D eigenvalue weighted by Gasteiger charge is 2.29. The highest BCUT2D eigenvalue weighted by Crippen LogP contribution is 2.12. The Bertz CT molecular complexity index is 1360. The number of nitrogens with zero attached hydrogens (tertiary/aromatic N) is 2. The SMILES string of the molecule is C=O.C=O.C=O.C=O.C=O.C=O.C=O.C=O.C=O.C=O.C=O.CC.CC.CC.CC(=O)N(C)[C@@H](Cc1ccccc1)C(=O)N[C@@H](C)C(=O)N1CCCCC1.CC(C)C.CC(C)O.CCC(C)C.CCC(C)C.CCC(C)C.CCc1ccccc1.CN.CN.CN.CN.CN.CN.N.N.N.N.N. The number of carbonyl (C=O) groups excluding carboxylic acids is 14. The Morgan fingerprint density at radius 2 is 0.608 bits per heavy atom.